The van der Waals surface area contributed by atoms with Crippen molar-refractivity contribution in [1.82, 2.24) is 10.2 Å². The Morgan fingerprint density at radius 3 is 2.67 bits per heavy atom. The molecule has 0 fully saturated rings. The van der Waals surface area contributed by atoms with Crippen molar-refractivity contribution in [3.05, 3.63) is 48.2 Å². The predicted octanol–water partition coefficient (Wildman–Crippen LogP) is 3.90. The van der Waals surface area contributed by atoms with Crippen LogP contribution >= 0.6 is 11.8 Å². The first-order chi connectivity index (χ1) is 11.5. The molecule has 124 valence electrons. The minimum absolute atomic E-state index is 0.245. The van der Waals surface area contributed by atoms with E-state index in [1.54, 1.807) is 26.2 Å². The monoisotopic (exact) mass is 347 g/mol. The number of rotatable bonds is 5. The Morgan fingerprint density at radius 1 is 1.25 bits per heavy atom. The van der Waals surface area contributed by atoms with Crippen LogP contribution in [-0.2, 0) is 4.79 Å². The van der Waals surface area contributed by atoms with Crippen LogP contribution in [0.1, 0.15) is 12.7 Å². The molecule has 24 heavy (non-hydrogen) atoms. The van der Waals surface area contributed by atoms with Gasteiger partial charge in [-0.1, -0.05) is 11.8 Å². The number of aryl methyl sites for hydroxylation is 1. The Kier molecular flexibility index (Phi) is 4.66. The maximum absolute atomic E-state index is 12.9. The van der Waals surface area contributed by atoms with Gasteiger partial charge in [0.05, 0.1) is 17.1 Å². The van der Waals surface area contributed by atoms with Crippen molar-refractivity contribution >= 4 is 23.4 Å². The number of halogens is 1. The number of carbonyl (C=O) groups excluding carboxylic acids is 1. The summed E-state index contributed by atoms with van der Waals surface area (Å²) in [6, 6.07) is 7.30. The Bertz CT molecular complexity index is 844. The molecule has 8 heteroatoms. The van der Waals surface area contributed by atoms with Crippen LogP contribution in [0.5, 0.6) is 0 Å². The van der Waals surface area contributed by atoms with E-state index in [1.165, 1.54) is 24.3 Å². The summed E-state index contributed by atoms with van der Waals surface area (Å²) in [5.74, 6) is 0.418. The van der Waals surface area contributed by atoms with Crippen molar-refractivity contribution in [2.24, 2.45) is 0 Å². The number of hydrogen-bond acceptors (Lipinski definition) is 6. The first kappa shape index (κ1) is 16.3. The van der Waals surface area contributed by atoms with Crippen molar-refractivity contribution in [2.45, 2.75) is 24.3 Å². The number of hydrogen-bond donors (Lipinski definition) is 1. The number of benzene rings is 1. The lowest BCUT2D eigenvalue weighted by Crippen LogP contribution is -2.22. The molecule has 0 aliphatic heterocycles. The molecule has 2 aromatic heterocycles. The zero-order valence-electron chi connectivity index (χ0n) is 12.9. The van der Waals surface area contributed by atoms with Gasteiger partial charge in [0.15, 0.2) is 0 Å². The van der Waals surface area contributed by atoms with E-state index in [1.807, 2.05) is 0 Å². The van der Waals surface area contributed by atoms with Gasteiger partial charge >= 0.3 is 0 Å². The van der Waals surface area contributed by atoms with Crippen LogP contribution in [0.25, 0.3) is 11.5 Å². The third kappa shape index (κ3) is 3.65. The number of nitrogens with zero attached hydrogens (tertiary/aromatic N) is 2. The third-order valence-corrected chi connectivity index (χ3v) is 4.19. The normalized spacial score (nSPS) is 12.1. The summed E-state index contributed by atoms with van der Waals surface area (Å²) in [5, 5.41) is 10.4. The van der Waals surface area contributed by atoms with Crippen LogP contribution < -0.4 is 5.32 Å². The average molecular weight is 347 g/mol. The minimum Gasteiger partial charge on any atom is -0.469 e. The van der Waals surface area contributed by atoms with E-state index in [-0.39, 0.29) is 16.9 Å². The van der Waals surface area contributed by atoms with Gasteiger partial charge in [0.1, 0.15) is 11.6 Å². The highest BCUT2D eigenvalue weighted by Crippen LogP contribution is 2.28. The van der Waals surface area contributed by atoms with Crippen molar-refractivity contribution < 1.29 is 18.0 Å². The van der Waals surface area contributed by atoms with Gasteiger partial charge < -0.3 is 14.2 Å². The van der Waals surface area contributed by atoms with Gasteiger partial charge in [-0.15, -0.1) is 10.2 Å². The molecule has 0 spiro atoms. The molecule has 0 saturated heterocycles. The fourth-order valence-corrected chi connectivity index (χ4v) is 2.64. The van der Waals surface area contributed by atoms with Gasteiger partial charge in [-0.05, 0) is 44.2 Å². The quantitative estimate of drug-likeness (QED) is 0.705. The number of amides is 1. The molecular weight excluding hydrogens is 333 g/mol. The summed E-state index contributed by atoms with van der Waals surface area (Å²) in [7, 11) is 0. The third-order valence-electron chi connectivity index (χ3n) is 3.25. The van der Waals surface area contributed by atoms with Crippen molar-refractivity contribution in [3.63, 3.8) is 0 Å². The number of anilines is 1. The number of nitrogens with one attached hydrogen (secondary N) is 1. The number of thioether (sulfide) groups is 1. The Balaban J connectivity index is 1.63. The molecule has 0 aliphatic carbocycles. The lowest BCUT2D eigenvalue weighted by molar-refractivity contribution is -0.115. The van der Waals surface area contributed by atoms with E-state index in [0.717, 1.165) is 17.3 Å². The molecule has 1 atom stereocenters. The molecule has 0 radical (unpaired) electrons. The summed E-state index contributed by atoms with van der Waals surface area (Å²) in [6.07, 6.45) is 1.54. The molecule has 1 amide bonds. The van der Waals surface area contributed by atoms with Crippen molar-refractivity contribution in [3.8, 4) is 11.5 Å². The molecule has 2 heterocycles. The van der Waals surface area contributed by atoms with Gasteiger partial charge in [-0.25, -0.2) is 4.39 Å². The fraction of sp³-hybridized carbons (Fsp3) is 0.188. The van der Waals surface area contributed by atoms with E-state index >= 15 is 0 Å². The Labute approximate surface area is 141 Å². The Hall–Kier alpha value is -2.61. The number of aromatic nitrogens is 2. The molecule has 1 unspecified atom stereocenters. The lowest BCUT2D eigenvalue weighted by Gasteiger charge is -2.09. The maximum atomic E-state index is 12.9. The smallest absolute Gasteiger partial charge is 0.277 e. The molecule has 1 aromatic carbocycles. The van der Waals surface area contributed by atoms with E-state index in [4.69, 9.17) is 8.83 Å². The standard InChI is InChI=1S/C16H14FN3O3S/c1-9-13(7-8-22-9)15-19-20-16(23-15)24-10(2)14(21)18-12-5-3-11(17)4-6-12/h3-8,10H,1-2H3,(H,18,21). The molecule has 0 saturated carbocycles. The first-order valence-corrected chi connectivity index (χ1v) is 8.02. The SMILES string of the molecule is Cc1occc1-c1nnc(SC(C)C(=O)Nc2ccc(F)cc2)o1. The Morgan fingerprint density at radius 2 is 2.00 bits per heavy atom. The van der Waals surface area contributed by atoms with E-state index < -0.39 is 5.25 Å². The second-order valence-corrected chi connectivity index (χ2v) is 6.31. The summed E-state index contributed by atoms with van der Waals surface area (Å²) in [4.78, 5) is 12.2. The van der Waals surface area contributed by atoms with Crippen LogP contribution in [0, 0.1) is 12.7 Å². The van der Waals surface area contributed by atoms with Crippen LogP contribution in [0.2, 0.25) is 0 Å². The van der Waals surface area contributed by atoms with E-state index in [0.29, 0.717) is 17.3 Å². The molecule has 3 aromatic rings. The number of furan rings is 1. The van der Waals surface area contributed by atoms with Gasteiger partial charge in [0.2, 0.25) is 5.91 Å². The fourth-order valence-electron chi connectivity index (χ4n) is 1.95. The van der Waals surface area contributed by atoms with Crippen LogP contribution in [0.15, 0.2) is 50.7 Å². The van der Waals surface area contributed by atoms with Gasteiger partial charge in [0, 0.05) is 5.69 Å². The maximum Gasteiger partial charge on any atom is 0.277 e. The summed E-state index contributed by atoms with van der Waals surface area (Å²) < 4.78 is 23.6. The molecular formula is C16H14FN3O3S. The zero-order valence-corrected chi connectivity index (χ0v) is 13.8. The van der Waals surface area contributed by atoms with E-state index in [9.17, 15) is 9.18 Å². The second-order valence-electron chi connectivity index (χ2n) is 5.02. The van der Waals surface area contributed by atoms with Crippen molar-refractivity contribution in [1.29, 1.82) is 0 Å². The molecule has 1 N–H and O–H groups in total. The first-order valence-electron chi connectivity index (χ1n) is 7.14. The highest BCUT2D eigenvalue weighted by Gasteiger charge is 2.20. The predicted molar refractivity (Wildman–Crippen MR) is 87.1 cm³/mol. The zero-order chi connectivity index (χ0) is 17.1. The lowest BCUT2D eigenvalue weighted by atomic mass is 10.3. The summed E-state index contributed by atoms with van der Waals surface area (Å²) in [5.41, 5.74) is 1.24. The summed E-state index contributed by atoms with van der Waals surface area (Å²) >= 11 is 1.14. The highest BCUT2D eigenvalue weighted by atomic mass is 32.2. The second kappa shape index (κ2) is 6.88. The molecule has 6 nitrogen and oxygen atoms in total. The molecule has 0 aliphatic rings. The van der Waals surface area contributed by atoms with Crippen LogP contribution in [0.4, 0.5) is 10.1 Å². The van der Waals surface area contributed by atoms with Crippen LogP contribution in [0.3, 0.4) is 0 Å². The number of carbonyl (C=O) groups is 1. The topological polar surface area (TPSA) is 81.2 Å². The molecule has 0 bridgehead atoms. The largest absolute Gasteiger partial charge is 0.469 e. The van der Waals surface area contributed by atoms with Gasteiger partial charge in [0.25, 0.3) is 11.1 Å². The average Bonchev–Trinajstić information content (AvgIpc) is 3.18. The molecule has 3 rings (SSSR count). The minimum atomic E-state index is -0.464. The van der Waals surface area contributed by atoms with Crippen molar-refractivity contribution in [2.75, 3.05) is 5.32 Å². The highest BCUT2D eigenvalue weighted by molar-refractivity contribution is 8.00. The van der Waals surface area contributed by atoms with Gasteiger partial charge in [-0.3, -0.25) is 4.79 Å². The van der Waals surface area contributed by atoms with Gasteiger partial charge in [-0.2, -0.15) is 0 Å². The van der Waals surface area contributed by atoms with Crippen LogP contribution in [-0.4, -0.2) is 21.4 Å². The van der Waals surface area contributed by atoms with E-state index in [2.05, 4.69) is 15.5 Å². The summed E-state index contributed by atoms with van der Waals surface area (Å²) in [6.45, 7) is 3.52.